The van der Waals surface area contributed by atoms with Gasteiger partial charge in [-0.05, 0) is 41.5 Å². The number of carbonyl (C=O) groups is 1. The molecule has 1 amide bonds. The monoisotopic (exact) mass is 532 g/mol. The van der Waals surface area contributed by atoms with Crippen LogP contribution < -0.4 is 5.32 Å². The zero-order chi connectivity index (χ0) is 24.7. The largest absolute Gasteiger partial charge is 0.347 e. The molecule has 0 aliphatic carbocycles. The van der Waals surface area contributed by atoms with E-state index in [1.54, 1.807) is 17.8 Å². The molecule has 10 heteroatoms. The van der Waals surface area contributed by atoms with E-state index in [2.05, 4.69) is 37.6 Å². The third kappa shape index (κ3) is 5.99. The molecule has 2 aromatic carbocycles. The molecular formula is C26H21ClN6OS2. The number of pyridine rings is 1. The van der Waals surface area contributed by atoms with Crippen LogP contribution in [0.1, 0.15) is 32.4 Å². The van der Waals surface area contributed by atoms with E-state index in [-0.39, 0.29) is 5.91 Å². The number of thioether (sulfide) groups is 1. The number of halogens is 1. The van der Waals surface area contributed by atoms with E-state index >= 15 is 0 Å². The topological polar surface area (TPSA) is 85.6 Å². The fourth-order valence-corrected chi connectivity index (χ4v) is 5.49. The van der Waals surface area contributed by atoms with Crippen molar-refractivity contribution in [1.29, 1.82) is 0 Å². The lowest BCUT2D eigenvalue weighted by Gasteiger charge is -2.10. The van der Waals surface area contributed by atoms with E-state index < -0.39 is 0 Å². The Morgan fingerprint density at radius 2 is 1.83 bits per heavy atom. The summed E-state index contributed by atoms with van der Waals surface area (Å²) in [6, 6.07) is 21.5. The van der Waals surface area contributed by atoms with Crippen LogP contribution in [0, 0.1) is 0 Å². The molecule has 180 valence electrons. The molecule has 0 aliphatic heterocycles. The summed E-state index contributed by atoms with van der Waals surface area (Å²) >= 11 is 9.26. The number of nitrogens with zero attached hydrogens (tertiary/aromatic N) is 5. The van der Waals surface area contributed by atoms with Crippen LogP contribution in [0.3, 0.4) is 0 Å². The molecule has 0 radical (unpaired) electrons. The number of thiazole rings is 1. The molecule has 5 aromatic rings. The first-order valence-corrected chi connectivity index (χ1v) is 13.4. The minimum atomic E-state index is -0.202. The second kappa shape index (κ2) is 11.5. The standard InChI is InChI=1S/C26H21ClN6OS2/c27-20-7-4-8-21(14-20)33-23(13-18-5-2-1-3-6-18)31-32-26(33)36-17-24-30-22(16-35-24)25(34)29-15-19-9-11-28-12-10-19/h1-12,14,16H,13,15,17H2,(H,29,34). The van der Waals surface area contributed by atoms with Crippen molar-refractivity contribution in [3.63, 3.8) is 0 Å². The van der Waals surface area contributed by atoms with Gasteiger partial charge in [-0.1, -0.05) is 59.8 Å². The Bertz CT molecular complexity index is 1460. The van der Waals surface area contributed by atoms with Crippen LogP contribution in [0.4, 0.5) is 0 Å². The van der Waals surface area contributed by atoms with Crippen molar-refractivity contribution in [2.24, 2.45) is 0 Å². The van der Waals surface area contributed by atoms with Gasteiger partial charge in [0.2, 0.25) is 0 Å². The van der Waals surface area contributed by atoms with Crippen LogP contribution in [0.5, 0.6) is 0 Å². The third-order valence-corrected chi connectivity index (χ3v) is 7.49. The molecule has 5 rings (SSSR count). The van der Waals surface area contributed by atoms with Gasteiger partial charge in [0, 0.05) is 35.8 Å². The zero-order valence-electron chi connectivity index (χ0n) is 19.0. The first-order valence-electron chi connectivity index (χ1n) is 11.1. The minimum absolute atomic E-state index is 0.202. The lowest BCUT2D eigenvalue weighted by Crippen LogP contribution is -2.23. The van der Waals surface area contributed by atoms with Crippen molar-refractivity contribution in [3.8, 4) is 5.69 Å². The van der Waals surface area contributed by atoms with Crippen LogP contribution in [-0.4, -0.2) is 30.6 Å². The van der Waals surface area contributed by atoms with E-state index in [4.69, 9.17) is 11.6 Å². The Kier molecular flexibility index (Phi) is 7.70. The average Bonchev–Trinajstić information content (AvgIpc) is 3.54. The maximum absolute atomic E-state index is 12.5. The van der Waals surface area contributed by atoms with E-state index in [9.17, 15) is 4.79 Å². The highest BCUT2D eigenvalue weighted by molar-refractivity contribution is 7.98. The maximum Gasteiger partial charge on any atom is 0.271 e. The van der Waals surface area contributed by atoms with Gasteiger partial charge in [-0.15, -0.1) is 21.5 Å². The summed E-state index contributed by atoms with van der Waals surface area (Å²) in [5.41, 5.74) is 3.44. The maximum atomic E-state index is 12.5. The summed E-state index contributed by atoms with van der Waals surface area (Å²) < 4.78 is 2.03. The molecule has 0 spiro atoms. The number of rotatable bonds is 9. The molecule has 0 unspecified atom stereocenters. The quantitative estimate of drug-likeness (QED) is 0.249. The van der Waals surface area contributed by atoms with Gasteiger partial charge in [0.25, 0.3) is 5.91 Å². The first kappa shape index (κ1) is 24.2. The van der Waals surface area contributed by atoms with E-state index in [0.29, 0.717) is 29.4 Å². The van der Waals surface area contributed by atoms with Crippen molar-refractivity contribution in [2.45, 2.75) is 23.9 Å². The summed E-state index contributed by atoms with van der Waals surface area (Å²) in [4.78, 5) is 21.0. The highest BCUT2D eigenvalue weighted by atomic mass is 35.5. The lowest BCUT2D eigenvalue weighted by molar-refractivity contribution is 0.0946. The van der Waals surface area contributed by atoms with Gasteiger partial charge in [0.05, 0.1) is 11.4 Å². The molecule has 0 atom stereocenters. The van der Waals surface area contributed by atoms with Crippen molar-refractivity contribution < 1.29 is 4.79 Å². The zero-order valence-corrected chi connectivity index (χ0v) is 21.4. The second-order valence-electron chi connectivity index (χ2n) is 7.83. The van der Waals surface area contributed by atoms with Crippen LogP contribution in [-0.2, 0) is 18.7 Å². The predicted octanol–water partition coefficient (Wildman–Crippen LogP) is 5.59. The molecule has 7 nitrogen and oxygen atoms in total. The van der Waals surface area contributed by atoms with Crippen LogP contribution >= 0.6 is 34.7 Å². The predicted molar refractivity (Wildman–Crippen MR) is 143 cm³/mol. The summed E-state index contributed by atoms with van der Waals surface area (Å²) in [6.07, 6.45) is 4.04. The van der Waals surface area contributed by atoms with Gasteiger partial charge in [0.15, 0.2) is 5.16 Å². The fraction of sp³-hybridized carbons (Fsp3) is 0.115. The van der Waals surface area contributed by atoms with Crippen LogP contribution in [0.15, 0.2) is 89.7 Å². The van der Waals surface area contributed by atoms with Gasteiger partial charge in [0.1, 0.15) is 16.5 Å². The fourth-order valence-electron chi connectivity index (χ4n) is 3.54. The molecule has 36 heavy (non-hydrogen) atoms. The van der Waals surface area contributed by atoms with Gasteiger partial charge in [-0.25, -0.2) is 4.98 Å². The molecule has 0 bridgehead atoms. The number of aromatic nitrogens is 5. The summed E-state index contributed by atoms with van der Waals surface area (Å²) in [5.74, 6) is 1.18. The number of nitrogens with one attached hydrogen (secondary N) is 1. The first-order chi connectivity index (χ1) is 17.7. The molecular weight excluding hydrogens is 512 g/mol. The molecule has 0 saturated carbocycles. The Balaban J connectivity index is 1.30. The van der Waals surface area contributed by atoms with Crippen LogP contribution in [0.25, 0.3) is 5.69 Å². The highest BCUT2D eigenvalue weighted by Crippen LogP contribution is 2.28. The number of amides is 1. The SMILES string of the molecule is O=C(NCc1ccncc1)c1csc(CSc2nnc(Cc3ccccc3)n2-c2cccc(Cl)c2)n1. The Morgan fingerprint density at radius 1 is 1.00 bits per heavy atom. The molecule has 0 fully saturated rings. The van der Waals surface area contributed by atoms with Gasteiger partial charge >= 0.3 is 0 Å². The molecule has 3 heterocycles. The van der Waals surface area contributed by atoms with E-state index in [0.717, 1.165) is 32.8 Å². The Labute approximate surface area is 221 Å². The Morgan fingerprint density at radius 3 is 2.64 bits per heavy atom. The summed E-state index contributed by atoms with van der Waals surface area (Å²) in [5, 5.41) is 15.8. The van der Waals surface area contributed by atoms with E-state index in [1.807, 2.05) is 59.2 Å². The minimum Gasteiger partial charge on any atom is -0.347 e. The van der Waals surface area contributed by atoms with Gasteiger partial charge < -0.3 is 5.32 Å². The highest BCUT2D eigenvalue weighted by Gasteiger charge is 2.17. The van der Waals surface area contributed by atoms with Crippen molar-refractivity contribution in [3.05, 3.63) is 117 Å². The van der Waals surface area contributed by atoms with Crippen LogP contribution in [0.2, 0.25) is 5.02 Å². The third-order valence-electron chi connectivity index (χ3n) is 5.28. The number of hydrogen-bond donors (Lipinski definition) is 1. The van der Waals surface area contributed by atoms with Crippen molar-refractivity contribution in [1.82, 2.24) is 30.0 Å². The lowest BCUT2D eigenvalue weighted by atomic mass is 10.1. The van der Waals surface area contributed by atoms with Crippen molar-refractivity contribution >= 4 is 40.6 Å². The number of carbonyl (C=O) groups excluding carboxylic acids is 1. The molecule has 0 aliphatic rings. The van der Waals surface area contributed by atoms with Gasteiger partial charge in [-0.3, -0.25) is 14.3 Å². The van der Waals surface area contributed by atoms with E-state index in [1.165, 1.54) is 23.1 Å². The number of hydrogen-bond acceptors (Lipinski definition) is 7. The van der Waals surface area contributed by atoms with Crippen molar-refractivity contribution in [2.75, 3.05) is 0 Å². The molecule has 3 aromatic heterocycles. The summed E-state index contributed by atoms with van der Waals surface area (Å²) in [7, 11) is 0. The average molecular weight is 533 g/mol. The Hall–Kier alpha value is -3.53. The molecule has 0 saturated heterocycles. The normalized spacial score (nSPS) is 10.9. The number of benzene rings is 2. The summed E-state index contributed by atoms with van der Waals surface area (Å²) in [6.45, 7) is 0.426. The smallest absolute Gasteiger partial charge is 0.271 e. The molecule has 1 N–H and O–H groups in total. The second-order valence-corrected chi connectivity index (χ2v) is 10.2. The van der Waals surface area contributed by atoms with Gasteiger partial charge in [-0.2, -0.15) is 0 Å².